The fraction of sp³-hybridized carbons (Fsp3) is 0.182. The monoisotopic (exact) mass is 396 g/mol. The molecule has 2 atom stereocenters. The maximum absolute atomic E-state index is 10.1. The average Bonchev–Trinajstić information content (AvgIpc) is 3.31. The number of thioether (sulfide) groups is 2. The fourth-order valence-corrected chi connectivity index (χ4v) is 6.33. The minimum atomic E-state index is -1.19. The molecule has 2 unspecified atom stereocenters. The van der Waals surface area contributed by atoms with E-state index in [1.807, 2.05) is 48.5 Å². The van der Waals surface area contributed by atoms with Crippen LogP contribution in [0.15, 0.2) is 69.5 Å². The lowest BCUT2D eigenvalue weighted by atomic mass is 9.83. The van der Waals surface area contributed by atoms with Crippen LogP contribution in [0, 0.1) is 45.3 Å². The van der Waals surface area contributed by atoms with E-state index in [0.29, 0.717) is 12.8 Å². The zero-order valence-electron chi connectivity index (χ0n) is 14.6. The van der Waals surface area contributed by atoms with Crippen LogP contribution >= 0.6 is 23.5 Å². The van der Waals surface area contributed by atoms with E-state index in [-0.39, 0.29) is 11.1 Å². The molecule has 2 aromatic carbocycles. The van der Waals surface area contributed by atoms with E-state index in [1.54, 1.807) is 0 Å². The summed E-state index contributed by atoms with van der Waals surface area (Å²) < 4.78 is -2.38. The molecule has 0 saturated carbocycles. The molecule has 0 spiro atoms. The summed E-state index contributed by atoms with van der Waals surface area (Å²) in [6, 6.07) is 24.1. The van der Waals surface area contributed by atoms with Gasteiger partial charge in [-0.25, -0.2) is 0 Å². The zero-order chi connectivity index (χ0) is 19.8. The molecular formula is C22H12N4S2. The predicted molar refractivity (Wildman–Crippen MR) is 107 cm³/mol. The van der Waals surface area contributed by atoms with Crippen molar-refractivity contribution in [3.05, 3.63) is 70.8 Å². The van der Waals surface area contributed by atoms with Gasteiger partial charge in [-0.15, -0.1) is 0 Å². The van der Waals surface area contributed by atoms with Gasteiger partial charge in [-0.3, -0.25) is 0 Å². The summed E-state index contributed by atoms with van der Waals surface area (Å²) in [5.41, 5.74) is 2.15. The number of nitriles is 4. The second-order valence-corrected chi connectivity index (χ2v) is 9.31. The van der Waals surface area contributed by atoms with Crippen LogP contribution in [-0.2, 0) is 12.8 Å². The molecule has 2 aliphatic rings. The van der Waals surface area contributed by atoms with Gasteiger partial charge in [-0.05, 0) is 23.3 Å². The van der Waals surface area contributed by atoms with Gasteiger partial charge in [-0.2, -0.15) is 21.0 Å². The number of fused-ring (bicyclic) bond motifs is 2. The Morgan fingerprint density at radius 2 is 1.07 bits per heavy atom. The third kappa shape index (κ3) is 2.59. The van der Waals surface area contributed by atoms with Crippen molar-refractivity contribution in [1.29, 1.82) is 21.0 Å². The van der Waals surface area contributed by atoms with Crippen LogP contribution in [0.1, 0.15) is 11.1 Å². The Bertz CT molecular complexity index is 1040. The first kappa shape index (κ1) is 18.2. The van der Waals surface area contributed by atoms with Crippen molar-refractivity contribution in [2.24, 2.45) is 0 Å². The van der Waals surface area contributed by atoms with Gasteiger partial charge >= 0.3 is 0 Å². The highest BCUT2D eigenvalue weighted by atomic mass is 32.2. The summed E-state index contributed by atoms with van der Waals surface area (Å²) >= 11 is 2.60. The first-order valence-corrected chi connectivity index (χ1v) is 10.2. The first-order chi connectivity index (χ1) is 13.6. The maximum Gasteiger partial charge on any atom is 0.147 e. The van der Waals surface area contributed by atoms with E-state index in [1.165, 1.54) is 23.5 Å². The molecule has 28 heavy (non-hydrogen) atoms. The normalized spacial score (nSPS) is 25.3. The number of hydrogen-bond acceptors (Lipinski definition) is 6. The van der Waals surface area contributed by atoms with Crippen LogP contribution in [0.5, 0.6) is 0 Å². The molecule has 0 amide bonds. The fourth-order valence-electron chi connectivity index (χ4n) is 3.69. The maximum atomic E-state index is 10.1. The Labute approximate surface area is 171 Å². The van der Waals surface area contributed by atoms with Crippen molar-refractivity contribution in [2.75, 3.05) is 0 Å². The number of benzene rings is 2. The van der Waals surface area contributed by atoms with Gasteiger partial charge in [0.15, 0.2) is 0 Å². The van der Waals surface area contributed by atoms with Gasteiger partial charge in [0.05, 0.1) is 35.4 Å². The van der Waals surface area contributed by atoms with Crippen LogP contribution in [0.3, 0.4) is 0 Å². The minimum absolute atomic E-state index is 0.0977. The standard InChI is InChI=1S/C22H12N4S2/c23-11-17(21(13-25)9-15-5-1-3-7-19(15)27-21)18(12-24)22(14-26)10-16-6-2-4-8-20(16)28-22/h1-8H,9-10H2/b18-17+. The van der Waals surface area contributed by atoms with E-state index in [9.17, 15) is 21.0 Å². The Balaban J connectivity index is 1.88. The molecule has 2 aromatic rings. The summed E-state index contributed by atoms with van der Waals surface area (Å²) in [5, 5.41) is 40.1. The molecule has 0 N–H and O–H groups in total. The van der Waals surface area contributed by atoms with Crippen molar-refractivity contribution < 1.29 is 0 Å². The lowest BCUT2D eigenvalue weighted by Gasteiger charge is -2.25. The third-order valence-corrected chi connectivity index (χ3v) is 7.85. The molecule has 132 valence electrons. The summed E-state index contributed by atoms with van der Waals surface area (Å²) in [4.78, 5) is 1.87. The van der Waals surface area contributed by atoms with Crippen molar-refractivity contribution in [1.82, 2.24) is 0 Å². The summed E-state index contributed by atoms with van der Waals surface area (Å²) in [5.74, 6) is 0. The average molecular weight is 397 g/mol. The number of hydrogen-bond donors (Lipinski definition) is 0. The molecule has 6 heteroatoms. The Hall–Kier alpha value is -3.16. The molecule has 0 bridgehead atoms. The molecule has 0 saturated heterocycles. The SMILES string of the molecule is N#C/C(=C(/C#N)C1(C#N)Cc2ccccc2S1)C1(C#N)Cc2ccccc2S1. The second kappa shape index (κ2) is 6.78. The van der Waals surface area contributed by atoms with Gasteiger partial charge in [0, 0.05) is 22.6 Å². The molecular weight excluding hydrogens is 384 g/mol. The van der Waals surface area contributed by atoms with E-state index >= 15 is 0 Å². The first-order valence-electron chi connectivity index (χ1n) is 8.53. The van der Waals surface area contributed by atoms with Crippen LogP contribution < -0.4 is 0 Å². The highest BCUT2D eigenvalue weighted by Crippen LogP contribution is 2.54. The Morgan fingerprint density at radius 3 is 1.39 bits per heavy atom. The topological polar surface area (TPSA) is 95.2 Å². The molecule has 2 aliphatic heterocycles. The lowest BCUT2D eigenvalue weighted by molar-refractivity contribution is 0.804. The van der Waals surface area contributed by atoms with E-state index < -0.39 is 9.49 Å². The Morgan fingerprint density at radius 1 is 0.679 bits per heavy atom. The van der Waals surface area contributed by atoms with E-state index in [0.717, 1.165) is 20.9 Å². The lowest BCUT2D eigenvalue weighted by Crippen LogP contribution is -2.32. The highest BCUT2D eigenvalue weighted by Gasteiger charge is 2.50. The van der Waals surface area contributed by atoms with Crippen molar-refractivity contribution >= 4 is 23.5 Å². The molecule has 0 aromatic heterocycles. The second-order valence-electron chi connectivity index (χ2n) is 6.62. The minimum Gasteiger partial charge on any atom is -0.196 e. The van der Waals surface area contributed by atoms with E-state index in [4.69, 9.17) is 0 Å². The number of nitrogens with zero attached hydrogens (tertiary/aromatic N) is 4. The van der Waals surface area contributed by atoms with Gasteiger partial charge in [0.25, 0.3) is 0 Å². The quantitative estimate of drug-likeness (QED) is 0.691. The van der Waals surface area contributed by atoms with Crippen molar-refractivity contribution in [3.8, 4) is 24.3 Å². The molecule has 4 nitrogen and oxygen atoms in total. The van der Waals surface area contributed by atoms with E-state index in [2.05, 4.69) is 24.3 Å². The van der Waals surface area contributed by atoms with Crippen LogP contribution in [-0.4, -0.2) is 9.49 Å². The number of rotatable bonds is 2. The van der Waals surface area contributed by atoms with Crippen LogP contribution in [0.2, 0.25) is 0 Å². The third-order valence-electron chi connectivity index (χ3n) is 5.03. The summed E-state index contributed by atoms with van der Waals surface area (Å²) in [7, 11) is 0. The Kier molecular flexibility index (Phi) is 4.41. The van der Waals surface area contributed by atoms with Gasteiger partial charge in [0.1, 0.15) is 9.49 Å². The zero-order valence-corrected chi connectivity index (χ0v) is 16.3. The molecule has 2 heterocycles. The molecule has 0 aliphatic carbocycles. The van der Waals surface area contributed by atoms with Gasteiger partial charge in [0.2, 0.25) is 0 Å². The summed E-state index contributed by atoms with van der Waals surface area (Å²) in [6.07, 6.45) is 0.690. The van der Waals surface area contributed by atoms with Crippen molar-refractivity contribution in [2.45, 2.75) is 32.1 Å². The largest absolute Gasteiger partial charge is 0.196 e. The van der Waals surface area contributed by atoms with Gasteiger partial charge < -0.3 is 0 Å². The molecule has 0 fully saturated rings. The van der Waals surface area contributed by atoms with Gasteiger partial charge in [-0.1, -0.05) is 59.9 Å². The molecule has 0 radical (unpaired) electrons. The highest BCUT2D eigenvalue weighted by molar-refractivity contribution is 8.02. The van der Waals surface area contributed by atoms with Crippen molar-refractivity contribution in [3.63, 3.8) is 0 Å². The van der Waals surface area contributed by atoms with Crippen LogP contribution in [0.4, 0.5) is 0 Å². The van der Waals surface area contributed by atoms with Crippen LogP contribution in [0.25, 0.3) is 0 Å². The summed E-state index contributed by atoms with van der Waals surface area (Å²) in [6.45, 7) is 0. The predicted octanol–water partition coefficient (Wildman–Crippen LogP) is 4.55. The smallest absolute Gasteiger partial charge is 0.147 e. The molecule has 4 rings (SSSR count).